The van der Waals surface area contributed by atoms with Crippen molar-refractivity contribution in [1.29, 1.82) is 0 Å². The molecule has 0 aliphatic heterocycles. The number of carbonyl (C=O) groups excluding carboxylic acids is 1. The molecule has 20 heavy (non-hydrogen) atoms. The van der Waals surface area contributed by atoms with Crippen LogP contribution in [0, 0.1) is 0 Å². The molecule has 2 amide bonds. The lowest BCUT2D eigenvalue weighted by Gasteiger charge is -2.11. The van der Waals surface area contributed by atoms with E-state index in [0.717, 1.165) is 6.42 Å². The van der Waals surface area contributed by atoms with Gasteiger partial charge in [0.2, 0.25) is 0 Å². The van der Waals surface area contributed by atoms with Gasteiger partial charge in [-0.3, -0.25) is 0 Å². The first-order valence-corrected chi connectivity index (χ1v) is 7.46. The van der Waals surface area contributed by atoms with Crippen LogP contribution in [0.25, 0.3) is 0 Å². The molecule has 1 aromatic carbocycles. The Morgan fingerprint density at radius 3 is 2.85 bits per heavy atom. The maximum atomic E-state index is 11.8. The third kappa shape index (κ3) is 4.28. The molecule has 0 saturated carbocycles. The van der Waals surface area contributed by atoms with Crippen molar-refractivity contribution < 1.29 is 9.53 Å². The van der Waals surface area contributed by atoms with Crippen LogP contribution in [0.3, 0.4) is 0 Å². The minimum atomic E-state index is -0.214. The van der Waals surface area contributed by atoms with E-state index in [0.29, 0.717) is 24.6 Å². The number of urea groups is 1. The average Bonchev–Trinajstić information content (AvgIpc) is 2.94. The summed E-state index contributed by atoms with van der Waals surface area (Å²) in [7, 11) is 0. The van der Waals surface area contributed by atoms with E-state index in [1.54, 1.807) is 11.3 Å². The number of hydrogen-bond acceptors (Lipinski definition) is 3. The SMILES string of the molecule is CCOc1ccccc1NC(=O)NCCc1cccs1. The summed E-state index contributed by atoms with van der Waals surface area (Å²) in [4.78, 5) is 13.1. The van der Waals surface area contributed by atoms with Gasteiger partial charge in [0.05, 0.1) is 12.3 Å². The summed E-state index contributed by atoms with van der Waals surface area (Å²) >= 11 is 1.70. The smallest absolute Gasteiger partial charge is 0.319 e. The lowest BCUT2D eigenvalue weighted by atomic mass is 10.3. The van der Waals surface area contributed by atoms with Gasteiger partial charge in [-0.1, -0.05) is 18.2 Å². The number of amides is 2. The number of nitrogens with one attached hydrogen (secondary N) is 2. The third-order valence-corrected chi connectivity index (χ3v) is 3.61. The number of hydrogen-bond donors (Lipinski definition) is 2. The van der Waals surface area contributed by atoms with E-state index in [1.807, 2.05) is 42.6 Å². The van der Waals surface area contributed by atoms with E-state index in [4.69, 9.17) is 4.74 Å². The standard InChI is InChI=1S/C15H18N2O2S/c1-2-19-14-8-4-3-7-13(14)17-15(18)16-10-9-12-6-5-11-20-12/h3-8,11H,2,9-10H2,1H3,(H2,16,17,18). The van der Waals surface area contributed by atoms with Gasteiger partial charge in [-0.15, -0.1) is 11.3 Å². The maximum Gasteiger partial charge on any atom is 0.319 e. The molecule has 0 aliphatic carbocycles. The van der Waals surface area contributed by atoms with E-state index >= 15 is 0 Å². The fourth-order valence-corrected chi connectivity index (χ4v) is 2.48. The molecule has 0 radical (unpaired) electrons. The average molecular weight is 290 g/mol. The van der Waals surface area contributed by atoms with Gasteiger partial charge in [-0.2, -0.15) is 0 Å². The van der Waals surface area contributed by atoms with Crippen LogP contribution in [0.4, 0.5) is 10.5 Å². The van der Waals surface area contributed by atoms with Crippen molar-refractivity contribution in [2.24, 2.45) is 0 Å². The van der Waals surface area contributed by atoms with E-state index in [2.05, 4.69) is 16.7 Å². The summed E-state index contributed by atoms with van der Waals surface area (Å²) in [5, 5.41) is 7.68. The topological polar surface area (TPSA) is 50.4 Å². The lowest BCUT2D eigenvalue weighted by Crippen LogP contribution is -2.30. The monoisotopic (exact) mass is 290 g/mol. The van der Waals surface area contributed by atoms with E-state index in [1.165, 1.54) is 4.88 Å². The first-order chi connectivity index (χ1) is 9.79. The first kappa shape index (κ1) is 14.4. The summed E-state index contributed by atoms with van der Waals surface area (Å²) in [5.41, 5.74) is 0.683. The Morgan fingerprint density at radius 2 is 2.10 bits per heavy atom. The van der Waals surface area contributed by atoms with Crippen LogP contribution in [0.5, 0.6) is 5.75 Å². The van der Waals surface area contributed by atoms with E-state index in [-0.39, 0.29) is 6.03 Å². The highest BCUT2D eigenvalue weighted by molar-refractivity contribution is 7.09. The number of ether oxygens (including phenoxy) is 1. The molecule has 0 bridgehead atoms. The maximum absolute atomic E-state index is 11.8. The van der Waals surface area contributed by atoms with Crippen molar-refractivity contribution >= 4 is 23.1 Å². The summed E-state index contributed by atoms with van der Waals surface area (Å²) in [5.74, 6) is 0.684. The molecule has 0 unspecified atom stereocenters. The van der Waals surface area contributed by atoms with E-state index in [9.17, 15) is 4.79 Å². The minimum Gasteiger partial charge on any atom is -0.492 e. The molecule has 1 aromatic heterocycles. The Bertz CT molecular complexity index is 541. The molecular formula is C15H18N2O2S. The highest BCUT2D eigenvalue weighted by Crippen LogP contribution is 2.23. The first-order valence-electron chi connectivity index (χ1n) is 6.58. The van der Waals surface area contributed by atoms with Crippen LogP contribution < -0.4 is 15.4 Å². The van der Waals surface area contributed by atoms with Gasteiger partial charge >= 0.3 is 6.03 Å². The van der Waals surface area contributed by atoms with Crippen molar-refractivity contribution in [2.75, 3.05) is 18.5 Å². The molecule has 0 fully saturated rings. The zero-order valence-electron chi connectivity index (χ0n) is 11.4. The third-order valence-electron chi connectivity index (χ3n) is 2.67. The van der Waals surface area contributed by atoms with Crippen molar-refractivity contribution in [2.45, 2.75) is 13.3 Å². The van der Waals surface area contributed by atoms with Crippen molar-refractivity contribution in [3.8, 4) is 5.75 Å². The van der Waals surface area contributed by atoms with Gasteiger partial charge in [0, 0.05) is 11.4 Å². The van der Waals surface area contributed by atoms with Crippen LogP contribution in [-0.4, -0.2) is 19.2 Å². The zero-order valence-corrected chi connectivity index (χ0v) is 12.2. The van der Waals surface area contributed by atoms with Crippen LogP contribution in [0.15, 0.2) is 41.8 Å². The summed E-state index contributed by atoms with van der Waals surface area (Å²) < 4.78 is 5.46. The van der Waals surface area contributed by atoms with Gasteiger partial charge in [0.25, 0.3) is 0 Å². The molecule has 1 heterocycles. The lowest BCUT2D eigenvalue weighted by molar-refractivity contribution is 0.252. The number of para-hydroxylation sites is 2. The predicted octanol–water partition coefficient (Wildman–Crippen LogP) is 3.51. The van der Waals surface area contributed by atoms with Gasteiger partial charge in [0.1, 0.15) is 5.75 Å². The summed E-state index contributed by atoms with van der Waals surface area (Å²) in [6, 6.07) is 11.3. The van der Waals surface area contributed by atoms with Gasteiger partial charge < -0.3 is 15.4 Å². The Kier molecular flexibility index (Phi) is 5.43. The fourth-order valence-electron chi connectivity index (χ4n) is 1.77. The van der Waals surface area contributed by atoms with Crippen LogP contribution in [0.2, 0.25) is 0 Å². The molecule has 4 nitrogen and oxygen atoms in total. The second-order valence-electron chi connectivity index (χ2n) is 4.14. The van der Waals surface area contributed by atoms with E-state index < -0.39 is 0 Å². The van der Waals surface area contributed by atoms with Crippen molar-refractivity contribution in [3.05, 3.63) is 46.7 Å². The number of carbonyl (C=O) groups is 1. The van der Waals surface area contributed by atoms with Gasteiger partial charge in [-0.25, -0.2) is 4.79 Å². The number of anilines is 1. The minimum absolute atomic E-state index is 0.214. The molecule has 2 aromatic rings. The fraction of sp³-hybridized carbons (Fsp3) is 0.267. The zero-order chi connectivity index (χ0) is 14.2. The molecule has 2 rings (SSSR count). The molecular weight excluding hydrogens is 272 g/mol. The normalized spacial score (nSPS) is 10.1. The molecule has 106 valence electrons. The summed E-state index contributed by atoms with van der Waals surface area (Å²) in [6.45, 7) is 3.10. The molecule has 0 aliphatic rings. The summed E-state index contributed by atoms with van der Waals surface area (Å²) in [6.07, 6.45) is 0.845. The Balaban J connectivity index is 1.82. The largest absolute Gasteiger partial charge is 0.492 e. The predicted molar refractivity (Wildman–Crippen MR) is 82.7 cm³/mol. The highest BCUT2D eigenvalue weighted by atomic mass is 32.1. The van der Waals surface area contributed by atoms with Crippen LogP contribution in [0.1, 0.15) is 11.8 Å². The molecule has 0 saturated heterocycles. The molecule has 0 spiro atoms. The van der Waals surface area contributed by atoms with Crippen molar-refractivity contribution in [1.82, 2.24) is 5.32 Å². The van der Waals surface area contributed by atoms with Crippen molar-refractivity contribution in [3.63, 3.8) is 0 Å². The highest BCUT2D eigenvalue weighted by Gasteiger charge is 2.06. The number of benzene rings is 1. The molecule has 2 N–H and O–H groups in total. The second kappa shape index (κ2) is 7.55. The Morgan fingerprint density at radius 1 is 1.25 bits per heavy atom. The Labute approximate surface area is 122 Å². The quantitative estimate of drug-likeness (QED) is 0.855. The Hall–Kier alpha value is -2.01. The second-order valence-corrected chi connectivity index (χ2v) is 5.17. The van der Waals surface area contributed by atoms with Crippen LogP contribution >= 0.6 is 11.3 Å². The number of thiophene rings is 1. The van der Waals surface area contributed by atoms with Gasteiger partial charge in [-0.05, 0) is 36.9 Å². The molecule has 0 atom stereocenters. The van der Waals surface area contributed by atoms with Crippen LogP contribution in [-0.2, 0) is 6.42 Å². The number of rotatable bonds is 6. The van der Waals surface area contributed by atoms with Gasteiger partial charge in [0.15, 0.2) is 0 Å². The molecule has 5 heteroatoms.